The number of unbranched alkanes of at least 4 members (excludes halogenated alkanes) is 2. The molecule has 1 aromatic rings. The molecule has 0 saturated heterocycles. The van der Waals surface area contributed by atoms with Crippen LogP contribution >= 0.6 is 0 Å². The van der Waals surface area contributed by atoms with Gasteiger partial charge in [0, 0.05) is 6.42 Å². The molecular formula is C24H35FO2. The third-order valence-electron chi connectivity index (χ3n) is 6.69. The highest BCUT2D eigenvalue weighted by atomic mass is 19.1. The van der Waals surface area contributed by atoms with Crippen molar-refractivity contribution < 1.29 is 13.9 Å². The number of esters is 1. The second kappa shape index (κ2) is 9.71. The van der Waals surface area contributed by atoms with E-state index in [9.17, 15) is 9.18 Å². The lowest BCUT2D eigenvalue weighted by atomic mass is 9.77. The van der Waals surface area contributed by atoms with Gasteiger partial charge in [0.2, 0.25) is 0 Å². The number of ether oxygens (including phenoxy) is 1. The number of cyclic esters (lactones) is 1. The predicted octanol–water partition coefficient (Wildman–Crippen LogP) is 6.64. The number of carbonyl (C=O) groups excluding carboxylic acids is 1. The van der Waals surface area contributed by atoms with Gasteiger partial charge in [-0.25, -0.2) is 9.18 Å². The lowest BCUT2D eigenvalue weighted by Crippen LogP contribution is -2.28. The summed E-state index contributed by atoms with van der Waals surface area (Å²) in [4.78, 5) is 12.2. The Hall–Kier alpha value is -1.38. The maximum absolute atomic E-state index is 14.9. The quantitative estimate of drug-likeness (QED) is 0.377. The second-order valence-electron chi connectivity index (χ2n) is 8.63. The Balaban J connectivity index is 1.52. The van der Waals surface area contributed by atoms with Crippen LogP contribution in [0.4, 0.5) is 4.39 Å². The van der Waals surface area contributed by atoms with Gasteiger partial charge in [0.1, 0.15) is 11.9 Å². The Labute approximate surface area is 163 Å². The average Bonchev–Trinajstić information content (AvgIpc) is 2.68. The Kier molecular flexibility index (Phi) is 7.32. The first kappa shape index (κ1) is 20.4. The summed E-state index contributed by atoms with van der Waals surface area (Å²) < 4.78 is 20.3. The van der Waals surface area contributed by atoms with Crippen LogP contribution < -0.4 is 0 Å². The Morgan fingerprint density at radius 1 is 1.04 bits per heavy atom. The summed E-state index contributed by atoms with van der Waals surface area (Å²) in [5.74, 6) is 0.809. The van der Waals surface area contributed by atoms with Gasteiger partial charge in [-0.1, -0.05) is 77.3 Å². The number of rotatable bonds is 8. The molecule has 2 nitrogen and oxygen atoms in total. The van der Waals surface area contributed by atoms with Crippen LogP contribution in [0.2, 0.25) is 0 Å². The zero-order valence-corrected chi connectivity index (χ0v) is 17.1. The van der Waals surface area contributed by atoms with Crippen LogP contribution in [0.5, 0.6) is 0 Å². The monoisotopic (exact) mass is 374 g/mol. The van der Waals surface area contributed by atoms with E-state index < -0.39 is 5.97 Å². The molecule has 3 rings (SSSR count). The molecule has 0 N–H and O–H groups in total. The van der Waals surface area contributed by atoms with Crippen molar-refractivity contribution in [3.63, 3.8) is 0 Å². The standard InChI is InChI=1S/C24H35FO2/c1-3-5-6-7-17-8-10-18(11-9-17)12-13-19-14-15-20-16-21(4-2)27-24(26)22(20)23(19)25/h14-15,17-18,21H,3-13,16H2,1-2H3. The normalized spacial score (nSPS) is 25.1. The number of carbonyl (C=O) groups is 1. The van der Waals surface area contributed by atoms with Crippen molar-refractivity contribution in [2.75, 3.05) is 0 Å². The molecule has 2 aliphatic rings. The van der Waals surface area contributed by atoms with Crippen LogP contribution in [-0.2, 0) is 17.6 Å². The molecule has 0 radical (unpaired) electrons. The van der Waals surface area contributed by atoms with Crippen LogP contribution in [-0.4, -0.2) is 12.1 Å². The van der Waals surface area contributed by atoms with Crippen LogP contribution in [0.1, 0.15) is 99.5 Å². The summed E-state index contributed by atoms with van der Waals surface area (Å²) in [6, 6.07) is 3.84. The summed E-state index contributed by atoms with van der Waals surface area (Å²) in [6.45, 7) is 4.25. The summed E-state index contributed by atoms with van der Waals surface area (Å²) in [5, 5.41) is 0. The minimum atomic E-state index is -0.477. The van der Waals surface area contributed by atoms with Gasteiger partial charge in [-0.3, -0.25) is 0 Å². The molecule has 1 aliphatic heterocycles. The van der Waals surface area contributed by atoms with E-state index in [4.69, 9.17) is 4.74 Å². The van der Waals surface area contributed by atoms with Crippen molar-refractivity contribution in [1.29, 1.82) is 0 Å². The first-order chi connectivity index (χ1) is 13.1. The smallest absolute Gasteiger partial charge is 0.341 e. The van der Waals surface area contributed by atoms with Crippen molar-refractivity contribution in [3.05, 3.63) is 34.6 Å². The molecule has 1 aliphatic carbocycles. The van der Waals surface area contributed by atoms with Gasteiger partial charge < -0.3 is 4.74 Å². The lowest BCUT2D eigenvalue weighted by Gasteiger charge is -2.29. The fourth-order valence-electron chi connectivity index (χ4n) is 4.82. The third kappa shape index (κ3) is 5.12. The minimum Gasteiger partial charge on any atom is -0.458 e. The maximum atomic E-state index is 14.9. The Bertz CT molecular complexity index is 632. The minimum absolute atomic E-state index is 0.109. The van der Waals surface area contributed by atoms with Gasteiger partial charge in [0.05, 0.1) is 5.56 Å². The van der Waals surface area contributed by atoms with Gasteiger partial charge >= 0.3 is 5.97 Å². The average molecular weight is 375 g/mol. The summed E-state index contributed by atoms with van der Waals surface area (Å²) in [6.07, 6.45) is 13.7. The number of fused-ring (bicyclic) bond motifs is 1. The lowest BCUT2D eigenvalue weighted by molar-refractivity contribution is 0.0242. The highest BCUT2D eigenvalue weighted by Gasteiger charge is 2.30. The maximum Gasteiger partial charge on any atom is 0.341 e. The topological polar surface area (TPSA) is 26.3 Å². The first-order valence-electron chi connectivity index (χ1n) is 11.1. The van der Waals surface area contributed by atoms with E-state index in [2.05, 4.69) is 6.92 Å². The van der Waals surface area contributed by atoms with Crippen molar-refractivity contribution in [3.8, 4) is 0 Å². The molecule has 1 unspecified atom stereocenters. The molecule has 1 atom stereocenters. The highest BCUT2D eigenvalue weighted by molar-refractivity contribution is 5.92. The van der Waals surface area contributed by atoms with E-state index in [-0.39, 0.29) is 17.5 Å². The summed E-state index contributed by atoms with van der Waals surface area (Å²) >= 11 is 0. The van der Waals surface area contributed by atoms with Crippen molar-refractivity contribution in [2.45, 2.75) is 97.0 Å². The highest BCUT2D eigenvalue weighted by Crippen LogP contribution is 2.35. The molecule has 0 amide bonds. The third-order valence-corrected chi connectivity index (χ3v) is 6.69. The van der Waals surface area contributed by atoms with Crippen molar-refractivity contribution >= 4 is 5.97 Å². The Morgan fingerprint density at radius 3 is 2.41 bits per heavy atom. The molecule has 150 valence electrons. The molecule has 1 saturated carbocycles. The summed E-state index contributed by atoms with van der Waals surface area (Å²) in [5.41, 5.74) is 1.69. The van der Waals surface area contributed by atoms with Crippen LogP contribution in [0, 0.1) is 17.7 Å². The zero-order chi connectivity index (χ0) is 19.2. The molecular weight excluding hydrogens is 339 g/mol. The van der Waals surface area contributed by atoms with E-state index in [0.29, 0.717) is 17.9 Å². The fraction of sp³-hybridized carbons (Fsp3) is 0.708. The number of aryl methyl sites for hydroxylation is 1. The number of hydrogen-bond donors (Lipinski definition) is 0. The van der Waals surface area contributed by atoms with E-state index in [1.54, 1.807) is 0 Å². The molecule has 1 fully saturated rings. The molecule has 0 bridgehead atoms. The summed E-state index contributed by atoms with van der Waals surface area (Å²) in [7, 11) is 0. The van der Waals surface area contributed by atoms with Crippen LogP contribution in [0.3, 0.4) is 0 Å². The predicted molar refractivity (Wildman–Crippen MR) is 108 cm³/mol. The molecule has 3 heteroatoms. The zero-order valence-electron chi connectivity index (χ0n) is 17.1. The molecule has 0 spiro atoms. The van der Waals surface area contributed by atoms with E-state index in [1.165, 1.54) is 51.4 Å². The van der Waals surface area contributed by atoms with Gasteiger partial charge in [-0.05, 0) is 42.2 Å². The molecule has 27 heavy (non-hydrogen) atoms. The fourth-order valence-corrected chi connectivity index (χ4v) is 4.82. The second-order valence-corrected chi connectivity index (χ2v) is 8.63. The van der Waals surface area contributed by atoms with Crippen LogP contribution in [0.25, 0.3) is 0 Å². The molecule has 1 heterocycles. The van der Waals surface area contributed by atoms with E-state index >= 15 is 0 Å². The largest absolute Gasteiger partial charge is 0.458 e. The number of benzene rings is 1. The van der Waals surface area contributed by atoms with Crippen LogP contribution in [0.15, 0.2) is 12.1 Å². The van der Waals surface area contributed by atoms with E-state index in [1.807, 2.05) is 19.1 Å². The molecule has 0 aromatic heterocycles. The van der Waals surface area contributed by atoms with Crippen molar-refractivity contribution in [2.24, 2.45) is 11.8 Å². The van der Waals surface area contributed by atoms with Gasteiger partial charge in [0.15, 0.2) is 0 Å². The Morgan fingerprint density at radius 2 is 1.74 bits per heavy atom. The van der Waals surface area contributed by atoms with E-state index in [0.717, 1.165) is 30.7 Å². The van der Waals surface area contributed by atoms with Crippen molar-refractivity contribution in [1.82, 2.24) is 0 Å². The number of halogens is 1. The van der Waals surface area contributed by atoms with Gasteiger partial charge in [-0.2, -0.15) is 0 Å². The van der Waals surface area contributed by atoms with Gasteiger partial charge in [0.25, 0.3) is 0 Å². The number of hydrogen-bond acceptors (Lipinski definition) is 2. The first-order valence-corrected chi connectivity index (χ1v) is 11.1. The SMILES string of the molecule is CCCCCC1CCC(CCc2ccc3c(c2F)C(=O)OC(CC)C3)CC1. The van der Waals surface area contributed by atoms with Gasteiger partial charge in [-0.15, -0.1) is 0 Å². The molecule has 1 aromatic carbocycles.